The number of rotatable bonds is 3. The highest BCUT2D eigenvalue weighted by molar-refractivity contribution is 5.91. The zero-order valence-corrected chi connectivity index (χ0v) is 11.9. The van der Waals surface area contributed by atoms with Crippen LogP contribution in [0, 0.1) is 5.92 Å². The number of hydrogen-bond acceptors (Lipinski definition) is 2. The van der Waals surface area contributed by atoms with Crippen molar-refractivity contribution in [1.82, 2.24) is 4.90 Å². The molecule has 0 aromatic heterocycles. The molecule has 4 heteroatoms. The Hall–Kier alpha value is -1.06. The third kappa shape index (κ3) is 2.49. The van der Waals surface area contributed by atoms with Crippen molar-refractivity contribution in [3.8, 4) is 0 Å². The lowest BCUT2D eigenvalue weighted by molar-refractivity contribution is -0.133. The zero-order valence-electron chi connectivity index (χ0n) is 11.0. The highest BCUT2D eigenvalue weighted by atomic mass is 35.5. The fourth-order valence-corrected chi connectivity index (χ4v) is 3.02. The molecule has 3 nitrogen and oxygen atoms in total. The summed E-state index contributed by atoms with van der Waals surface area (Å²) in [6, 6.07) is 10.2. The van der Waals surface area contributed by atoms with Gasteiger partial charge in [0.15, 0.2) is 0 Å². The molecule has 0 spiro atoms. The van der Waals surface area contributed by atoms with Gasteiger partial charge in [-0.25, -0.2) is 0 Å². The van der Waals surface area contributed by atoms with Gasteiger partial charge in [0.1, 0.15) is 0 Å². The van der Waals surface area contributed by atoms with E-state index in [4.69, 9.17) is 5.73 Å². The van der Waals surface area contributed by atoms with E-state index in [1.165, 1.54) is 5.56 Å². The Kier molecular flexibility index (Phi) is 4.16. The summed E-state index contributed by atoms with van der Waals surface area (Å²) in [5.41, 5.74) is 6.68. The van der Waals surface area contributed by atoms with Crippen LogP contribution in [0.25, 0.3) is 0 Å². The van der Waals surface area contributed by atoms with E-state index in [2.05, 4.69) is 12.1 Å². The Labute approximate surface area is 120 Å². The topological polar surface area (TPSA) is 46.3 Å². The maximum absolute atomic E-state index is 12.7. The first-order valence-electron chi connectivity index (χ1n) is 6.81. The van der Waals surface area contributed by atoms with Crippen LogP contribution in [-0.2, 0) is 10.2 Å². The first-order valence-corrected chi connectivity index (χ1v) is 6.81. The third-order valence-electron chi connectivity index (χ3n) is 4.39. The lowest BCUT2D eigenvalue weighted by atomic mass is 9.94. The minimum atomic E-state index is -0.204. The van der Waals surface area contributed by atoms with Gasteiger partial charge in [-0.15, -0.1) is 12.4 Å². The van der Waals surface area contributed by atoms with Crippen molar-refractivity contribution in [1.29, 1.82) is 0 Å². The van der Waals surface area contributed by atoms with E-state index in [-0.39, 0.29) is 17.8 Å². The van der Waals surface area contributed by atoms with Gasteiger partial charge in [-0.05, 0) is 37.3 Å². The van der Waals surface area contributed by atoms with Crippen LogP contribution in [0.4, 0.5) is 0 Å². The van der Waals surface area contributed by atoms with Crippen LogP contribution >= 0.6 is 12.4 Å². The van der Waals surface area contributed by atoms with Gasteiger partial charge in [0.05, 0.1) is 5.41 Å². The van der Waals surface area contributed by atoms with Crippen molar-refractivity contribution in [2.24, 2.45) is 11.7 Å². The normalized spacial score (nSPS) is 23.8. The fourth-order valence-electron chi connectivity index (χ4n) is 3.02. The highest BCUT2D eigenvalue weighted by Crippen LogP contribution is 2.50. The molecule has 3 rings (SSSR count). The van der Waals surface area contributed by atoms with Gasteiger partial charge in [-0.3, -0.25) is 4.79 Å². The van der Waals surface area contributed by atoms with E-state index in [1.807, 2.05) is 23.1 Å². The van der Waals surface area contributed by atoms with Gasteiger partial charge >= 0.3 is 0 Å². The van der Waals surface area contributed by atoms with E-state index < -0.39 is 0 Å². The fraction of sp³-hybridized carbons (Fsp3) is 0.533. The largest absolute Gasteiger partial charge is 0.342 e. The number of benzene rings is 1. The van der Waals surface area contributed by atoms with Crippen molar-refractivity contribution in [3.63, 3.8) is 0 Å². The summed E-state index contributed by atoms with van der Waals surface area (Å²) in [6.45, 7) is 2.43. The molecule has 1 aliphatic heterocycles. The van der Waals surface area contributed by atoms with E-state index >= 15 is 0 Å². The standard InChI is InChI=1S/C15H20N2O.ClH/c16-10-12-6-9-17(11-12)14(18)15(7-8-15)13-4-2-1-3-5-13;/h1-5,12H,6-11,16H2;1H/t12-;/m0./s1. The number of nitrogens with zero attached hydrogens (tertiary/aromatic N) is 1. The quantitative estimate of drug-likeness (QED) is 0.920. The summed E-state index contributed by atoms with van der Waals surface area (Å²) in [5, 5.41) is 0. The molecule has 0 bridgehead atoms. The summed E-state index contributed by atoms with van der Waals surface area (Å²) in [7, 11) is 0. The molecule has 0 unspecified atom stereocenters. The second-order valence-corrected chi connectivity index (χ2v) is 5.59. The molecular formula is C15H21ClN2O. The first-order chi connectivity index (χ1) is 8.76. The van der Waals surface area contributed by atoms with Gasteiger partial charge in [0.2, 0.25) is 5.91 Å². The predicted octanol–water partition coefficient (Wildman–Crippen LogP) is 1.95. The molecule has 1 aromatic carbocycles. The number of halogens is 1. The minimum absolute atomic E-state index is 0. The number of carbonyl (C=O) groups is 1. The lowest BCUT2D eigenvalue weighted by Gasteiger charge is -2.23. The van der Waals surface area contributed by atoms with Crippen LogP contribution in [-0.4, -0.2) is 30.4 Å². The molecule has 2 fully saturated rings. The van der Waals surface area contributed by atoms with Gasteiger partial charge in [-0.1, -0.05) is 30.3 Å². The summed E-state index contributed by atoms with van der Waals surface area (Å²) in [4.78, 5) is 14.7. The molecule has 1 aromatic rings. The number of carbonyl (C=O) groups excluding carboxylic acids is 1. The SMILES string of the molecule is Cl.NC[C@@H]1CCN(C(=O)C2(c3ccccc3)CC2)C1. The number of nitrogens with two attached hydrogens (primary N) is 1. The van der Waals surface area contributed by atoms with E-state index in [0.717, 1.165) is 32.4 Å². The molecule has 2 N–H and O–H groups in total. The van der Waals surface area contributed by atoms with Gasteiger partial charge in [-0.2, -0.15) is 0 Å². The van der Waals surface area contributed by atoms with E-state index in [9.17, 15) is 4.79 Å². The van der Waals surface area contributed by atoms with Crippen molar-refractivity contribution >= 4 is 18.3 Å². The minimum Gasteiger partial charge on any atom is -0.342 e. The van der Waals surface area contributed by atoms with Crippen molar-refractivity contribution in [3.05, 3.63) is 35.9 Å². The van der Waals surface area contributed by atoms with Crippen molar-refractivity contribution < 1.29 is 4.79 Å². The third-order valence-corrected chi connectivity index (χ3v) is 4.39. The lowest BCUT2D eigenvalue weighted by Crippen LogP contribution is -2.38. The Balaban J connectivity index is 0.00000133. The summed E-state index contributed by atoms with van der Waals surface area (Å²) < 4.78 is 0. The van der Waals surface area contributed by atoms with E-state index in [0.29, 0.717) is 18.4 Å². The molecule has 1 atom stereocenters. The number of likely N-dealkylation sites (tertiary alicyclic amines) is 1. The highest BCUT2D eigenvalue weighted by Gasteiger charge is 2.53. The molecule has 0 radical (unpaired) electrons. The monoisotopic (exact) mass is 280 g/mol. The summed E-state index contributed by atoms with van der Waals surface area (Å²) in [6.07, 6.45) is 3.06. The summed E-state index contributed by atoms with van der Waals surface area (Å²) >= 11 is 0. The van der Waals surface area contributed by atoms with Crippen molar-refractivity contribution in [2.75, 3.05) is 19.6 Å². The molecule has 1 amide bonds. The van der Waals surface area contributed by atoms with Crippen LogP contribution in [0.1, 0.15) is 24.8 Å². The molecule has 1 heterocycles. The second kappa shape index (κ2) is 5.51. The zero-order chi connectivity index (χ0) is 12.6. The summed E-state index contributed by atoms with van der Waals surface area (Å²) in [5.74, 6) is 0.824. The Morgan fingerprint density at radius 1 is 1.32 bits per heavy atom. The molecule has 1 saturated heterocycles. The van der Waals surface area contributed by atoms with Crippen LogP contribution in [0.2, 0.25) is 0 Å². The second-order valence-electron chi connectivity index (χ2n) is 5.59. The van der Waals surface area contributed by atoms with E-state index in [1.54, 1.807) is 0 Å². The van der Waals surface area contributed by atoms with Gasteiger partial charge in [0.25, 0.3) is 0 Å². The Bertz CT molecular complexity index is 445. The number of amides is 1. The van der Waals surface area contributed by atoms with Crippen LogP contribution in [0.5, 0.6) is 0 Å². The van der Waals surface area contributed by atoms with Gasteiger partial charge in [0, 0.05) is 13.1 Å². The smallest absolute Gasteiger partial charge is 0.233 e. The average Bonchev–Trinajstić information content (AvgIpc) is 3.10. The maximum Gasteiger partial charge on any atom is 0.233 e. The molecule has 1 saturated carbocycles. The van der Waals surface area contributed by atoms with Crippen LogP contribution < -0.4 is 5.73 Å². The van der Waals surface area contributed by atoms with Gasteiger partial charge < -0.3 is 10.6 Å². The molecule has 1 aliphatic carbocycles. The first kappa shape index (κ1) is 14.4. The molecule has 2 aliphatic rings. The Morgan fingerprint density at radius 3 is 2.53 bits per heavy atom. The van der Waals surface area contributed by atoms with Crippen LogP contribution in [0.3, 0.4) is 0 Å². The Morgan fingerprint density at radius 2 is 2.00 bits per heavy atom. The predicted molar refractivity (Wildman–Crippen MR) is 78.3 cm³/mol. The average molecular weight is 281 g/mol. The molecular weight excluding hydrogens is 260 g/mol. The van der Waals surface area contributed by atoms with Crippen LogP contribution in [0.15, 0.2) is 30.3 Å². The maximum atomic E-state index is 12.7. The number of hydrogen-bond donors (Lipinski definition) is 1. The molecule has 104 valence electrons. The van der Waals surface area contributed by atoms with Crippen molar-refractivity contribution in [2.45, 2.75) is 24.7 Å². The molecule has 19 heavy (non-hydrogen) atoms.